The first kappa shape index (κ1) is 20.0. The number of aryl methyl sites for hydroxylation is 1. The predicted molar refractivity (Wildman–Crippen MR) is 110 cm³/mol. The van der Waals surface area contributed by atoms with Gasteiger partial charge in [0.15, 0.2) is 6.61 Å². The van der Waals surface area contributed by atoms with Crippen LogP contribution in [0.5, 0.6) is 0 Å². The van der Waals surface area contributed by atoms with Crippen LogP contribution in [0.3, 0.4) is 0 Å². The van der Waals surface area contributed by atoms with Crippen molar-refractivity contribution in [3.05, 3.63) is 75.8 Å². The van der Waals surface area contributed by atoms with Crippen LogP contribution in [0.2, 0.25) is 5.02 Å². The molecule has 0 N–H and O–H groups in total. The van der Waals surface area contributed by atoms with E-state index >= 15 is 0 Å². The molecular formula is C21H19ClN2O3S. The van der Waals surface area contributed by atoms with Crippen molar-refractivity contribution in [2.24, 2.45) is 0 Å². The molecule has 0 fully saturated rings. The fourth-order valence-electron chi connectivity index (χ4n) is 2.58. The highest BCUT2D eigenvalue weighted by molar-refractivity contribution is 7.17. The summed E-state index contributed by atoms with van der Waals surface area (Å²) in [6, 6.07) is 16.9. The highest BCUT2D eigenvalue weighted by Crippen LogP contribution is 2.29. The van der Waals surface area contributed by atoms with Gasteiger partial charge in [0.25, 0.3) is 5.91 Å². The minimum atomic E-state index is -0.551. The Balaban J connectivity index is 1.61. The number of esters is 1. The number of halogens is 1. The zero-order chi connectivity index (χ0) is 20.1. The highest BCUT2D eigenvalue weighted by Gasteiger charge is 2.20. The Bertz CT molecular complexity index is 988. The second kappa shape index (κ2) is 8.99. The maximum atomic E-state index is 12.4. The van der Waals surface area contributed by atoms with Crippen molar-refractivity contribution in [1.82, 2.24) is 9.88 Å². The molecule has 0 spiro atoms. The van der Waals surface area contributed by atoms with Crippen molar-refractivity contribution in [1.29, 1.82) is 0 Å². The average molecular weight is 415 g/mol. The van der Waals surface area contributed by atoms with E-state index in [0.717, 1.165) is 11.1 Å². The molecule has 28 heavy (non-hydrogen) atoms. The van der Waals surface area contributed by atoms with Crippen molar-refractivity contribution in [2.75, 3.05) is 13.7 Å². The van der Waals surface area contributed by atoms with Crippen LogP contribution in [0.4, 0.5) is 0 Å². The fourth-order valence-corrected chi connectivity index (χ4v) is 3.73. The molecule has 0 atom stereocenters. The molecule has 1 amide bonds. The van der Waals surface area contributed by atoms with E-state index in [9.17, 15) is 9.59 Å². The number of hydrogen-bond donors (Lipinski definition) is 0. The van der Waals surface area contributed by atoms with E-state index in [-0.39, 0.29) is 12.5 Å². The number of likely N-dealkylation sites (N-methyl/N-ethyl adjacent to an activating group) is 1. The molecule has 0 saturated heterocycles. The number of carbonyl (C=O) groups excluding carboxylic acids is 2. The summed E-state index contributed by atoms with van der Waals surface area (Å²) in [5.74, 6) is -0.820. The number of benzene rings is 2. The van der Waals surface area contributed by atoms with Crippen molar-refractivity contribution in [3.63, 3.8) is 0 Å². The number of nitrogens with zero attached hydrogens (tertiary/aromatic N) is 2. The van der Waals surface area contributed by atoms with Gasteiger partial charge in [0.1, 0.15) is 9.88 Å². The van der Waals surface area contributed by atoms with Crippen molar-refractivity contribution in [2.45, 2.75) is 13.5 Å². The van der Waals surface area contributed by atoms with Crippen LogP contribution in [0.25, 0.3) is 10.6 Å². The SMILES string of the molecule is Cc1nc(-c2cccc(Cl)c2)sc1C(=O)OCC(=O)N(C)Cc1ccccc1. The van der Waals surface area contributed by atoms with Gasteiger partial charge in [0.05, 0.1) is 5.69 Å². The van der Waals surface area contributed by atoms with Gasteiger partial charge in [-0.05, 0) is 24.6 Å². The fraction of sp³-hybridized carbons (Fsp3) is 0.190. The maximum Gasteiger partial charge on any atom is 0.350 e. The number of aromatic nitrogens is 1. The van der Waals surface area contributed by atoms with Gasteiger partial charge in [-0.15, -0.1) is 11.3 Å². The number of hydrogen-bond acceptors (Lipinski definition) is 5. The topological polar surface area (TPSA) is 59.5 Å². The largest absolute Gasteiger partial charge is 0.451 e. The zero-order valence-corrected chi connectivity index (χ0v) is 17.1. The van der Waals surface area contributed by atoms with Crippen LogP contribution in [0.1, 0.15) is 20.9 Å². The van der Waals surface area contributed by atoms with Gasteiger partial charge < -0.3 is 9.64 Å². The van der Waals surface area contributed by atoms with E-state index in [2.05, 4.69) is 4.98 Å². The van der Waals surface area contributed by atoms with Crippen LogP contribution >= 0.6 is 22.9 Å². The van der Waals surface area contributed by atoms with Gasteiger partial charge in [-0.3, -0.25) is 4.79 Å². The lowest BCUT2D eigenvalue weighted by molar-refractivity contribution is -0.133. The van der Waals surface area contributed by atoms with Gasteiger partial charge in [0.2, 0.25) is 0 Å². The van der Waals surface area contributed by atoms with E-state index in [1.165, 1.54) is 16.2 Å². The number of ether oxygens (including phenoxy) is 1. The van der Waals surface area contributed by atoms with Crippen molar-refractivity contribution in [3.8, 4) is 10.6 Å². The molecule has 0 bridgehead atoms. The molecular weight excluding hydrogens is 396 g/mol. The highest BCUT2D eigenvalue weighted by atomic mass is 35.5. The molecule has 1 heterocycles. The van der Waals surface area contributed by atoms with Crippen molar-refractivity contribution >= 4 is 34.8 Å². The molecule has 0 aliphatic heterocycles. The third-order valence-corrected chi connectivity index (χ3v) is 5.49. The minimum Gasteiger partial charge on any atom is -0.451 e. The number of rotatable bonds is 6. The average Bonchev–Trinajstić information content (AvgIpc) is 3.08. The molecule has 5 nitrogen and oxygen atoms in total. The molecule has 144 valence electrons. The predicted octanol–water partition coefficient (Wildman–Crippen LogP) is 4.59. The van der Waals surface area contributed by atoms with E-state index in [1.807, 2.05) is 42.5 Å². The first-order valence-electron chi connectivity index (χ1n) is 8.62. The normalized spacial score (nSPS) is 10.5. The first-order valence-corrected chi connectivity index (χ1v) is 9.82. The summed E-state index contributed by atoms with van der Waals surface area (Å²) in [6.07, 6.45) is 0. The number of thiazole rings is 1. The summed E-state index contributed by atoms with van der Waals surface area (Å²) >= 11 is 7.24. The van der Waals surface area contributed by atoms with Crippen LogP contribution < -0.4 is 0 Å². The molecule has 0 aliphatic carbocycles. The molecule has 0 saturated carbocycles. The maximum absolute atomic E-state index is 12.4. The molecule has 2 aromatic carbocycles. The summed E-state index contributed by atoms with van der Waals surface area (Å²) in [5, 5.41) is 1.28. The quantitative estimate of drug-likeness (QED) is 0.553. The van der Waals surface area contributed by atoms with E-state index in [4.69, 9.17) is 16.3 Å². The Morgan fingerprint density at radius 3 is 2.61 bits per heavy atom. The Morgan fingerprint density at radius 1 is 1.14 bits per heavy atom. The second-order valence-electron chi connectivity index (χ2n) is 6.26. The Hall–Kier alpha value is -2.70. The van der Waals surface area contributed by atoms with E-state index < -0.39 is 5.97 Å². The molecule has 1 aromatic heterocycles. The van der Waals surface area contributed by atoms with Gasteiger partial charge in [0, 0.05) is 24.2 Å². The molecule has 0 radical (unpaired) electrons. The zero-order valence-electron chi connectivity index (χ0n) is 15.5. The Labute approximate surface area is 172 Å². The number of carbonyl (C=O) groups is 2. The lowest BCUT2D eigenvalue weighted by Crippen LogP contribution is -2.30. The van der Waals surface area contributed by atoms with Gasteiger partial charge in [-0.2, -0.15) is 0 Å². The molecule has 3 rings (SSSR count). The molecule has 0 unspecified atom stereocenters. The second-order valence-corrected chi connectivity index (χ2v) is 7.69. The third kappa shape index (κ3) is 4.97. The summed E-state index contributed by atoms with van der Waals surface area (Å²) < 4.78 is 5.22. The van der Waals surface area contributed by atoms with Crippen LogP contribution in [0, 0.1) is 6.92 Å². The van der Waals surface area contributed by atoms with Crippen LogP contribution in [-0.2, 0) is 16.1 Å². The van der Waals surface area contributed by atoms with Gasteiger partial charge >= 0.3 is 5.97 Å². The van der Waals surface area contributed by atoms with Crippen molar-refractivity contribution < 1.29 is 14.3 Å². The third-order valence-electron chi connectivity index (χ3n) is 4.07. The summed E-state index contributed by atoms with van der Waals surface area (Å²) in [4.78, 5) is 31.0. The van der Waals surface area contributed by atoms with E-state index in [0.29, 0.717) is 27.1 Å². The summed E-state index contributed by atoms with van der Waals surface area (Å²) in [5.41, 5.74) is 2.41. The lowest BCUT2D eigenvalue weighted by Gasteiger charge is -2.17. The molecule has 3 aromatic rings. The first-order chi connectivity index (χ1) is 13.4. The Morgan fingerprint density at radius 2 is 1.89 bits per heavy atom. The smallest absolute Gasteiger partial charge is 0.350 e. The summed E-state index contributed by atoms with van der Waals surface area (Å²) in [6.45, 7) is 1.88. The minimum absolute atomic E-state index is 0.269. The molecule has 7 heteroatoms. The van der Waals surface area contributed by atoms with Gasteiger partial charge in [-0.25, -0.2) is 9.78 Å². The standard InChI is InChI=1S/C21H19ClN2O3S/c1-14-19(28-20(23-14)16-9-6-10-17(22)11-16)21(26)27-13-18(25)24(2)12-15-7-4-3-5-8-15/h3-11H,12-13H2,1-2H3. The monoisotopic (exact) mass is 414 g/mol. The van der Waals surface area contributed by atoms with Gasteiger partial charge in [-0.1, -0.05) is 54.1 Å². The molecule has 0 aliphatic rings. The lowest BCUT2D eigenvalue weighted by atomic mass is 10.2. The summed E-state index contributed by atoms with van der Waals surface area (Å²) in [7, 11) is 1.68. The Kier molecular flexibility index (Phi) is 6.44. The van der Waals surface area contributed by atoms with Crippen LogP contribution in [0.15, 0.2) is 54.6 Å². The van der Waals surface area contributed by atoms with E-state index in [1.54, 1.807) is 26.1 Å². The van der Waals surface area contributed by atoms with Crippen LogP contribution in [-0.4, -0.2) is 35.4 Å². The number of amides is 1.